The van der Waals surface area contributed by atoms with E-state index in [1.807, 2.05) is 11.9 Å². The highest BCUT2D eigenvalue weighted by Crippen LogP contribution is 2.46. The number of fused-ring (bicyclic) bond motifs is 1. The van der Waals surface area contributed by atoms with E-state index in [0.29, 0.717) is 6.42 Å². The summed E-state index contributed by atoms with van der Waals surface area (Å²) >= 11 is 0. The number of benzene rings is 1. The zero-order valence-corrected chi connectivity index (χ0v) is 18.7. The fourth-order valence-electron chi connectivity index (χ4n) is 4.09. The maximum Gasteiger partial charge on any atom is 0.494 e. The van der Waals surface area contributed by atoms with Crippen LogP contribution in [0.5, 0.6) is 0 Å². The molecule has 1 aromatic rings. The molecule has 1 N–H and O–H groups in total. The highest BCUT2D eigenvalue weighted by molar-refractivity contribution is 6.62. The average molecular weight is 373 g/mol. The first kappa shape index (κ1) is 20.7. The summed E-state index contributed by atoms with van der Waals surface area (Å²) in [7, 11) is 1.61. The molecule has 3 rings (SSSR count). The van der Waals surface area contributed by atoms with E-state index >= 15 is 0 Å². The van der Waals surface area contributed by atoms with Gasteiger partial charge in [0.2, 0.25) is 0 Å². The molecule has 2 aliphatic heterocycles. The molecule has 2 aliphatic rings. The number of hydrogen-bond donors (Lipinski definition) is 1. The zero-order chi connectivity index (χ0) is 20.6. The van der Waals surface area contributed by atoms with Gasteiger partial charge in [-0.1, -0.05) is 46.8 Å². The van der Waals surface area contributed by atoms with E-state index < -0.39 is 6.23 Å². The minimum Gasteiger partial charge on any atom is -0.399 e. The van der Waals surface area contributed by atoms with Crippen LogP contribution in [0.4, 0.5) is 5.69 Å². The highest BCUT2D eigenvalue weighted by Gasteiger charge is 2.52. The van der Waals surface area contributed by atoms with Crippen LogP contribution in [0, 0.1) is 0 Å². The van der Waals surface area contributed by atoms with E-state index in [4.69, 9.17) is 9.31 Å². The fraction of sp³-hybridized carbons (Fsp3) is 0.727. The molecule has 0 aliphatic carbocycles. The van der Waals surface area contributed by atoms with Gasteiger partial charge in [0.1, 0.15) is 6.23 Å². The van der Waals surface area contributed by atoms with Crippen molar-refractivity contribution >= 4 is 18.3 Å². The summed E-state index contributed by atoms with van der Waals surface area (Å²) < 4.78 is 12.7. The average Bonchev–Trinajstić information content (AvgIpc) is 2.71. The molecule has 0 radical (unpaired) electrons. The van der Waals surface area contributed by atoms with Gasteiger partial charge in [0.15, 0.2) is 0 Å². The van der Waals surface area contributed by atoms with Crippen LogP contribution < -0.4 is 10.4 Å². The molecule has 1 unspecified atom stereocenters. The van der Waals surface area contributed by atoms with E-state index in [0.717, 1.165) is 11.2 Å². The lowest BCUT2D eigenvalue weighted by Crippen LogP contribution is -2.46. The molecule has 0 aromatic heterocycles. The van der Waals surface area contributed by atoms with Crippen molar-refractivity contribution in [2.75, 3.05) is 11.9 Å². The lowest BCUT2D eigenvalue weighted by molar-refractivity contribution is 0.00578. The van der Waals surface area contributed by atoms with Gasteiger partial charge in [-0.05, 0) is 55.1 Å². The minimum atomic E-state index is -0.476. The van der Waals surface area contributed by atoms with Crippen molar-refractivity contribution in [1.29, 1.82) is 0 Å². The van der Waals surface area contributed by atoms with Gasteiger partial charge in [0.25, 0.3) is 0 Å². The van der Waals surface area contributed by atoms with E-state index in [-0.39, 0.29) is 29.2 Å². The van der Waals surface area contributed by atoms with Crippen LogP contribution in [0.2, 0.25) is 0 Å². The van der Waals surface area contributed by atoms with Crippen molar-refractivity contribution in [2.24, 2.45) is 0 Å². The van der Waals surface area contributed by atoms with Gasteiger partial charge in [-0.3, -0.25) is 0 Å². The standard InChI is InChI=1S/C22H36BNO3/c1-19(2,3)15-11-14(23-26-21(6,7)22(8,9)27-23)12-16-18(15)24(10)17(25)13-20(16,4)5/h11-12,17,25H,13H2,1-10H3. The van der Waals surface area contributed by atoms with Crippen LogP contribution in [0.15, 0.2) is 12.1 Å². The van der Waals surface area contributed by atoms with Crippen LogP contribution in [0.25, 0.3) is 0 Å². The smallest absolute Gasteiger partial charge is 0.399 e. The first-order chi connectivity index (χ1) is 12.1. The quantitative estimate of drug-likeness (QED) is 0.762. The predicted molar refractivity (Wildman–Crippen MR) is 113 cm³/mol. The molecule has 1 saturated heterocycles. The SMILES string of the molecule is CN1c2c(C(C)(C)C)cc(B3OC(C)(C)C(C)(C)O3)cc2C(C)(C)CC1O. The molecule has 27 heavy (non-hydrogen) atoms. The normalized spacial score (nSPS) is 26.3. The molecule has 2 heterocycles. The Labute approximate surface area is 165 Å². The topological polar surface area (TPSA) is 41.9 Å². The van der Waals surface area contributed by atoms with Gasteiger partial charge in [-0.2, -0.15) is 0 Å². The molecule has 0 saturated carbocycles. The summed E-state index contributed by atoms with van der Waals surface area (Å²) in [5.74, 6) is 0. The van der Waals surface area contributed by atoms with E-state index in [2.05, 4.69) is 74.4 Å². The molecule has 1 fully saturated rings. The number of aliphatic hydroxyl groups is 1. The van der Waals surface area contributed by atoms with Gasteiger partial charge < -0.3 is 19.3 Å². The van der Waals surface area contributed by atoms with Crippen molar-refractivity contribution in [3.63, 3.8) is 0 Å². The van der Waals surface area contributed by atoms with Gasteiger partial charge >= 0.3 is 7.12 Å². The maximum atomic E-state index is 10.6. The third kappa shape index (κ3) is 3.32. The minimum absolute atomic E-state index is 0.0644. The van der Waals surface area contributed by atoms with Crippen molar-refractivity contribution in [3.05, 3.63) is 23.3 Å². The molecular weight excluding hydrogens is 337 g/mol. The summed E-state index contributed by atoms with van der Waals surface area (Å²) in [6, 6.07) is 4.45. The second-order valence-corrected chi connectivity index (χ2v) is 11.0. The summed E-state index contributed by atoms with van der Waals surface area (Å²) in [5, 5.41) is 10.6. The van der Waals surface area contributed by atoms with Gasteiger partial charge in [-0.25, -0.2) is 0 Å². The Balaban J connectivity index is 2.20. The van der Waals surface area contributed by atoms with Crippen molar-refractivity contribution in [2.45, 2.75) is 97.0 Å². The van der Waals surface area contributed by atoms with Crippen LogP contribution >= 0.6 is 0 Å². The lowest BCUT2D eigenvalue weighted by Gasteiger charge is -2.45. The zero-order valence-electron chi connectivity index (χ0n) is 18.7. The van der Waals surface area contributed by atoms with Crippen LogP contribution in [0.3, 0.4) is 0 Å². The highest BCUT2D eigenvalue weighted by atomic mass is 16.7. The predicted octanol–water partition coefficient (Wildman–Crippen LogP) is 3.72. The molecule has 1 atom stereocenters. The third-order valence-corrected chi connectivity index (χ3v) is 6.69. The molecule has 4 nitrogen and oxygen atoms in total. The number of rotatable bonds is 1. The molecular formula is C22H36BNO3. The summed E-state index contributed by atoms with van der Waals surface area (Å²) in [6.45, 7) is 19.4. The second-order valence-electron chi connectivity index (χ2n) is 11.0. The lowest BCUT2D eigenvalue weighted by atomic mass is 9.67. The Morgan fingerprint density at radius 2 is 1.56 bits per heavy atom. The van der Waals surface area contributed by atoms with Crippen molar-refractivity contribution < 1.29 is 14.4 Å². The van der Waals surface area contributed by atoms with E-state index in [1.165, 1.54) is 11.1 Å². The summed E-state index contributed by atoms with van der Waals surface area (Å²) in [4.78, 5) is 2.02. The molecule has 0 amide bonds. The molecule has 150 valence electrons. The number of nitrogens with zero attached hydrogens (tertiary/aromatic N) is 1. The summed E-state index contributed by atoms with van der Waals surface area (Å²) in [5.41, 5.74) is 3.77. The van der Waals surface area contributed by atoms with Crippen molar-refractivity contribution in [1.82, 2.24) is 0 Å². The maximum absolute atomic E-state index is 10.6. The largest absolute Gasteiger partial charge is 0.494 e. The van der Waals surface area contributed by atoms with Crippen molar-refractivity contribution in [3.8, 4) is 0 Å². The second kappa shape index (κ2) is 5.98. The monoisotopic (exact) mass is 373 g/mol. The Bertz CT molecular complexity index is 715. The Kier molecular flexibility index (Phi) is 4.58. The number of hydrogen-bond acceptors (Lipinski definition) is 4. The first-order valence-electron chi connectivity index (χ1n) is 10.0. The number of aliphatic hydroxyl groups excluding tert-OH is 1. The number of anilines is 1. The Hall–Kier alpha value is -1.04. The molecule has 5 heteroatoms. The molecule has 0 bridgehead atoms. The van der Waals surface area contributed by atoms with E-state index in [9.17, 15) is 5.11 Å². The third-order valence-electron chi connectivity index (χ3n) is 6.69. The Morgan fingerprint density at radius 1 is 1.04 bits per heavy atom. The summed E-state index contributed by atoms with van der Waals surface area (Å²) in [6.07, 6.45) is 0.226. The van der Waals surface area contributed by atoms with Gasteiger partial charge in [0, 0.05) is 19.2 Å². The van der Waals surface area contributed by atoms with Gasteiger partial charge in [0.05, 0.1) is 11.2 Å². The van der Waals surface area contributed by atoms with Gasteiger partial charge in [-0.15, -0.1) is 0 Å². The van der Waals surface area contributed by atoms with E-state index in [1.54, 1.807) is 0 Å². The first-order valence-corrected chi connectivity index (χ1v) is 10.0. The Morgan fingerprint density at radius 3 is 2.04 bits per heavy atom. The van der Waals surface area contributed by atoms with Crippen LogP contribution in [-0.4, -0.2) is 36.7 Å². The van der Waals surface area contributed by atoms with Crippen LogP contribution in [0.1, 0.15) is 79.9 Å². The van der Waals surface area contributed by atoms with Crippen LogP contribution in [-0.2, 0) is 20.1 Å². The molecule has 1 aromatic carbocycles. The fourth-order valence-corrected chi connectivity index (χ4v) is 4.09. The molecule has 0 spiro atoms.